The summed E-state index contributed by atoms with van der Waals surface area (Å²) in [6.45, 7) is 3.52. The van der Waals surface area contributed by atoms with E-state index in [1.807, 2.05) is 6.92 Å². The molecule has 23 heavy (non-hydrogen) atoms. The van der Waals surface area contributed by atoms with Crippen molar-refractivity contribution in [3.63, 3.8) is 0 Å². The number of imidazole rings is 1. The van der Waals surface area contributed by atoms with Gasteiger partial charge in [-0.05, 0) is 25.1 Å². The molecule has 0 bridgehead atoms. The summed E-state index contributed by atoms with van der Waals surface area (Å²) in [4.78, 5) is 12.2. The van der Waals surface area contributed by atoms with Gasteiger partial charge in [0.05, 0.1) is 15.9 Å². The number of rotatable bonds is 2. The SMILES string of the molecule is CC1CN(S(=O)(=O)c2ccc3c(c2)n(C)c(=O)n3C)CCN1.Cl. The Morgan fingerprint density at radius 1 is 1.17 bits per heavy atom. The molecule has 0 aliphatic carbocycles. The summed E-state index contributed by atoms with van der Waals surface area (Å²) in [5, 5.41) is 3.23. The van der Waals surface area contributed by atoms with E-state index in [0.29, 0.717) is 25.2 Å². The molecule has 1 N–H and O–H groups in total. The molecule has 7 nitrogen and oxygen atoms in total. The van der Waals surface area contributed by atoms with Crippen molar-refractivity contribution >= 4 is 33.5 Å². The van der Waals surface area contributed by atoms with Crippen molar-refractivity contribution < 1.29 is 8.42 Å². The maximum absolute atomic E-state index is 12.8. The van der Waals surface area contributed by atoms with Crippen LogP contribution in [0.25, 0.3) is 11.0 Å². The molecule has 1 aromatic heterocycles. The van der Waals surface area contributed by atoms with E-state index < -0.39 is 10.0 Å². The van der Waals surface area contributed by atoms with Crippen LogP contribution in [-0.2, 0) is 24.1 Å². The average molecular weight is 361 g/mol. The Morgan fingerprint density at radius 3 is 2.48 bits per heavy atom. The van der Waals surface area contributed by atoms with E-state index in [1.54, 1.807) is 32.3 Å². The molecular weight excluding hydrogens is 340 g/mol. The first-order valence-corrected chi connectivity index (χ1v) is 8.65. The Bertz CT molecular complexity index is 887. The van der Waals surface area contributed by atoms with Crippen LogP contribution >= 0.6 is 12.4 Å². The highest BCUT2D eigenvalue weighted by Gasteiger charge is 2.29. The number of fused-ring (bicyclic) bond motifs is 1. The molecule has 9 heteroatoms. The van der Waals surface area contributed by atoms with Crippen LogP contribution in [0, 0.1) is 0 Å². The molecule has 0 amide bonds. The van der Waals surface area contributed by atoms with Crippen LogP contribution in [0.1, 0.15) is 6.92 Å². The van der Waals surface area contributed by atoms with Gasteiger partial charge in [0.1, 0.15) is 0 Å². The van der Waals surface area contributed by atoms with E-state index in [2.05, 4.69) is 5.32 Å². The molecule has 1 fully saturated rings. The lowest BCUT2D eigenvalue weighted by Gasteiger charge is -2.31. The number of piperazine rings is 1. The summed E-state index contributed by atoms with van der Waals surface area (Å²) in [5.41, 5.74) is 1.18. The van der Waals surface area contributed by atoms with Crippen molar-refractivity contribution in [3.8, 4) is 0 Å². The zero-order chi connectivity index (χ0) is 16.1. The van der Waals surface area contributed by atoms with Crippen molar-refractivity contribution in [2.45, 2.75) is 17.9 Å². The number of benzene rings is 1. The maximum Gasteiger partial charge on any atom is 0.328 e. The zero-order valence-corrected chi connectivity index (χ0v) is 14.9. The van der Waals surface area contributed by atoms with Crippen molar-refractivity contribution in [3.05, 3.63) is 28.7 Å². The van der Waals surface area contributed by atoms with Crippen molar-refractivity contribution in [2.75, 3.05) is 19.6 Å². The minimum Gasteiger partial charge on any atom is -0.312 e. The van der Waals surface area contributed by atoms with Crippen molar-refractivity contribution in [2.24, 2.45) is 14.1 Å². The number of aryl methyl sites for hydroxylation is 2. The van der Waals surface area contributed by atoms with Crippen LogP contribution < -0.4 is 11.0 Å². The first-order chi connectivity index (χ1) is 10.3. The summed E-state index contributed by atoms with van der Waals surface area (Å²) in [5.74, 6) is 0. The number of nitrogens with one attached hydrogen (secondary N) is 1. The third kappa shape index (κ3) is 2.91. The van der Waals surface area contributed by atoms with E-state index in [-0.39, 0.29) is 29.0 Å². The summed E-state index contributed by atoms with van der Waals surface area (Å²) in [6, 6.07) is 4.98. The van der Waals surface area contributed by atoms with Crippen molar-refractivity contribution in [1.82, 2.24) is 18.8 Å². The van der Waals surface area contributed by atoms with Gasteiger partial charge in [0.25, 0.3) is 0 Å². The highest BCUT2D eigenvalue weighted by Crippen LogP contribution is 2.21. The minimum absolute atomic E-state index is 0. The molecule has 1 atom stereocenters. The number of halogens is 1. The lowest BCUT2D eigenvalue weighted by Crippen LogP contribution is -2.51. The van der Waals surface area contributed by atoms with Gasteiger partial charge in [0.15, 0.2) is 0 Å². The van der Waals surface area contributed by atoms with Crippen LogP contribution in [0.15, 0.2) is 27.9 Å². The number of hydrogen-bond acceptors (Lipinski definition) is 4. The molecule has 1 saturated heterocycles. The molecule has 1 aliphatic rings. The lowest BCUT2D eigenvalue weighted by atomic mass is 10.3. The monoisotopic (exact) mass is 360 g/mol. The average Bonchev–Trinajstić information content (AvgIpc) is 2.72. The van der Waals surface area contributed by atoms with E-state index in [1.165, 1.54) is 13.4 Å². The van der Waals surface area contributed by atoms with Crippen LogP contribution in [0.2, 0.25) is 0 Å². The van der Waals surface area contributed by atoms with Gasteiger partial charge in [-0.15, -0.1) is 12.4 Å². The molecule has 2 heterocycles. The quantitative estimate of drug-likeness (QED) is 0.834. The molecule has 1 unspecified atom stereocenters. The Kier molecular flexibility index (Phi) is 4.91. The lowest BCUT2D eigenvalue weighted by molar-refractivity contribution is 0.310. The van der Waals surface area contributed by atoms with E-state index in [9.17, 15) is 13.2 Å². The molecule has 3 rings (SSSR count). The predicted octanol–water partition coefficient (Wildman–Crippen LogP) is 0.281. The highest BCUT2D eigenvalue weighted by atomic mass is 35.5. The molecule has 0 saturated carbocycles. The Labute approximate surface area is 141 Å². The molecule has 128 valence electrons. The predicted molar refractivity (Wildman–Crippen MR) is 91.6 cm³/mol. The maximum atomic E-state index is 12.8. The largest absolute Gasteiger partial charge is 0.328 e. The van der Waals surface area contributed by atoms with Crippen LogP contribution in [0.3, 0.4) is 0 Å². The zero-order valence-electron chi connectivity index (χ0n) is 13.3. The minimum atomic E-state index is -3.54. The smallest absolute Gasteiger partial charge is 0.312 e. The number of hydrogen-bond donors (Lipinski definition) is 1. The number of nitrogens with zero attached hydrogens (tertiary/aromatic N) is 3. The molecule has 2 aromatic rings. The second-order valence-corrected chi connectivity index (χ2v) is 7.71. The molecule has 1 aliphatic heterocycles. The molecular formula is C14H21ClN4O3S. The van der Waals surface area contributed by atoms with Gasteiger partial charge in [-0.2, -0.15) is 4.31 Å². The molecule has 0 radical (unpaired) electrons. The summed E-state index contributed by atoms with van der Waals surface area (Å²) < 4.78 is 30.0. The Balaban J connectivity index is 0.00000192. The van der Waals surface area contributed by atoms with Crippen LogP contribution in [0.5, 0.6) is 0 Å². The normalized spacial score (nSPS) is 19.7. The molecule has 0 spiro atoms. The first-order valence-electron chi connectivity index (χ1n) is 7.21. The number of sulfonamides is 1. The number of aromatic nitrogens is 2. The second kappa shape index (κ2) is 6.27. The summed E-state index contributed by atoms with van der Waals surface area (Å²) in [7, 11) is -0.214. The fourth-order valence-electron chi connectivity index (χ4n) is 2.91. The summed E-state index contributed by atoms with van der Waals surface area (Å²) in [6.07, 6.45) is 0. The Hall–Kier alpha value is -1.35. The third-order valence-corrected chi connectivity index (χ3v) is 6.07. The van der Waals surface area contributed by atoms with Crippen LogP contribution in [0.4, 0.5) is 0 Å². The highest BCUT2D eigenvalue weighted by molar-refractivity contribution is 7.89. The topological polar surface area (TPSA) is 76.3 Å². The van der Waals surface area contributed by atoms with Gasteiger partial charge in [0.2, 0.25) is 10.0 Å². The fraction of sp³-hybridized carbons (Fsp3) is 0.500. The van der Waals surface area contributed by atoms with Crippen LogP contribution in [-0.4, -0.2) is 47.5 Å². The first kappa shape index (κ1) is 18.0. The second-order valence-electron chi connectivity index (χ2n) is 5.77. The van der Waals surface area contributed by atoms with Gasteiger partial charge < -0.3 is 5.32 Å². The van der Waals surface area contributed by atoms with Gasteiger partial charge >= 0.3 is 5.69 Å². The van der Waals surface area contributed by atoms with Gasteiger partial charge in [-0.3, -0.25) is 9.13 Å². The van der Waals surface area contributed by atoms with Crippen molar-refractivity contribution in [1.29, 1.82) is 0 Å². The fourth-order valence-corrected chi connectivity index (χ4v) is 4.46. The van der Waals surface area contributed by atoms with E-state index in [4.69, 9.17) is 0 Å². The third-order valence-electron chi connectivity index (χ3n) is 4.21. The van der Waals surface area contributed by atoms with Gasteiger partial charge in [-0.25, -0.2) is 13.2 Å². The standard InChI is InChI=1S/C14H20N4O3S.ClH/c1-10-9-18(7-6-15-10)22(20,21)11-4-5-12-13(8-11)17(3)14(19)16(12)2;/h4-5,8,10,15H,6-7,9H2,1-3H3;1H. The van der Waals surface area contributed by atoms with E-state index >= 15 is 0 Å². The summed E-state index contributed by atoms with van der Waals surface area (Å²) >= 11 is 0. The Morgan fingerprint density at radius 2 is 1.83 bits per heavy atom. The van der Waals surface area contributed by atoms with Gasteiger partial charge in [-0.1, -0.05) is 0 Å². The molecule has 1 aromatic carbocycles. The van der Waals surface area contributed by atoms with E-state index in [0.717, 1.165) is 5.52 Å². The van der Waals surface area contributed by atoms with Gasteiger partial charge in [0, 0.05) is 39.8 Å².